The van der Waals surface area contributed by atoms with Crippen LogP contribution >= 0.6 is 22.7 Å². The summed E-state index contributed by atoms with van der Waals surface area (Å²) >= 11 is 2.33. The monoisotopic (exact) mass is 377 g/mol. The summed E-state index contributed by atoms with van der Waals surface area (Å²) in [6.07, 6.45) is 0. The lowest BCUT2D eigenvalue weighted by Gasteiger charge is -2.16. The topological polar surface area (TPSA) is 85.6 Å². The quantitative estimate of drug-likeness (QED) is 0.275. The maximum absolute atomic E-state index is 12.1. The third-order valence-electron chi connectivity index (χ3n) is 3.57. The van der Waals surface area contributed by atoms with E-state index in [1.807, 2.05) is 0 Å². The van der Waals surface area contributed by atoms with E-state index in [9.17, 15) is 14.9 Å². The van der Waals surface area contributed by atoms with Crippen molar-refractivity contribution in [1.29, 1.82) is 0 Å². The maximum atomic E-state index is 12.1. The minimum Gasteiger partial charge on any atom is -0.422 e. The number of ether oxygens (including phenoxy) is 1. The highest BCUT2D eigenvalue weighted by atomic mass is 32.1. The van der Waals surface area contributed by atoms with Crippen LogP contribution in [0.3, 0.4) is 0 Å². The summed E-state index contributed by atoms with van der Waals surface area (Å²) in [7, 11) is 0. The lowest BCUT2D eigenvalue weighted by molar-refractivity contribution is -0.380. The minimum absolute atomic E-state index is 0.0891. The first-order valence-corrected chi connectivity index (χ1v) is 9.27. The first-order chi connectivity index (χ1) is 12.0. The van der Waals surface area contributed by atoms with Gasteiger partial charge in [-0.05, 0) is 32.0 Å². The number of benzene rings is 1. The Labute approximate surface area is 151 Å². The number of aromatic nitrogens is 1. The summed E-state index contributed by atoms with van der Waals surface area (Å²) in [5, 5.41) is 11.5. The third-order valence-corrected chi connectivity index (χ3v) is 5.66. The molecule has 130 valence electrons. The van der Waals surface area contributed by atoms with Crippen molar-refractivity contribution in [1.82, 2.24) is 4.98 Å². The van der Waals surface area contributed by atoms with E-state index in [0.717, 1.165) is 39.8 Å². The molecule has 0 saturated heterocycles. The fourth-order valence-corrected chi connectivity index (χ4v) is 4.10. The molecule has 0 aliphatic carbocycles. The van der Waals surface area contributed by atoms with Gasteiger partial charge in [0.25, 0.3) is 0 Å². The molecule has 3 rings (SSSR count). The highest BCUT2D eigenvalue weighted by molar-refractivity contribution is 7.22. The molecule has 0 N–H and O–H groups in total. The van der Waals surface area contributed by atoms with Gasteiger partial charge in [0.1, 0.15) is 10.6 Å². The van der Waals surface area contributed by atoms with Gasteiger partial charge in [-0.15, -0.1) is 0 Å². The van der Waals surface area contributed by atoms with Crippen molar-refractivity contribution in [3.8, 4) is 5.75 Å². The molecule has 0 spiro atoms. The van der Waals surface area contributed by atoms with Crippen LogP contribution in [0.4, 0.5) is 10.1 Å². The van der Waals surface area contributed by atoms with Crippen LogP contribution in [0.1, 0.15) is 23.5 Å². The fourth-order valence-electron chi connectivity index (χ4n) is 2.28. The molecule has 1 aromatic carbocycles. The SMILES string of the molecule is CCN(CC)c1nc2ccc(OC(=O)c3ccc([N+](=O)[O-])s3)cc2s1. The van der Waals surface area contributed by atoms with E-state index < -0.39 is 10.9 Å². The van der Waals surface area contributed by atoms with Crippen molar-refractivity contribution in [2.75, 3.05) is 18.0 Å². The van der Waals surface area contributed by atoms with Crippen molar-refractivity contribution in [2.24, 2.45) is 0 Å². The molecule has 2 aromatic heterocycles. The molecule has 9 heteroatoms. The standard InChI is InChI=1S/C16H15N3O4S2/c1-3-18(4-2)16-17-11-6-5-10(9-13(11)25-16)23-15(20)12-7-8-14(24-12)19(21)22/h5-9H,3-4H2,1-2H3. The third kappa shape index (κ3) is 3.62. The molecule has 0 radical (unpaired) electrons. The number of nitrogens with zero attached hydrogens (tertiary/aromatic N) is 3. The van der Waals surface area contributed by atoms with Crippen LogP contribution in [0.5, 0.6) is 5.75 Å². The molecule has 25 heavy (non-hydrogen) atoms. The zero-order valence-corrected chi connectivity index (χ0v) is 15.2. The van der Waals surface area contributed by atoms with E-state index in [-0.39, 0.29) is 9.88 Å². The Morgan fingerprint density at radius 2 is 2.00 bits per heavy atom. The predicted molar refractivity (Wildman–Crippen MR) is 99.1 cm³/mol. The molecule has 3 aromatic rings. The Balaban J connectivity index is 1.81. The van der Waals surface area contributed by atoms with Crippen LogP contribution < -0.4 is 9.64 Å². The highest BCUT2D eigenvalue weighted by Gasteiger charge is 2.17. The molecular weight excluding hydrogens is 362 g/mol. The molecule has 0 aliphatic rings. The zero-order valence-electron chi connectivity index (χ0n) is 13.6. The summed E-state index contributed by atoms with van der Waals surface area (Å²) in [6, 6.07) is 7.94. The molecule has 0 fully saturated rings. The molecule has 0 bridgehead atoms. The van der Waals surface area contributed by atoms with E-state index in [1.165, 1.54) is 23.5 Å². The number of thiazole rings is 1. The second-order valence-electron chi connectivity index (χ2n) is 5.08. The number of hydrogen-bond acceptors (Lipinski definition) is 8. The number of thiophene rings is 1. The van der Waals surface area contributed by atoms with Crippen LogP contribution in [0.25, 0.3) is 10.2 Å². The number of nitro groups is 1. The van der Waals surface area contributed by atoms with Gasteiger partial charge in [-0.2, -0.15) is 0 Å². The van der Waals surface area contributed by atoms with Crippen molar-refractivity contribution >= 4 is 49.0 Å². The largest absolute Gasteiger partial charge is 0.422 e. The van der Waals surface area contributed by atoms with Crippen molar-refractivity contribution in [3.05, 3.63) is 45.3 Å². The Bertz CT molecular complexity index is 931. The van der Waals surface area contributed by atoms with Crippen LogP contribution in [-0.4, -0.2) is 29.0 Å². The average Bonchev–Trinajstić information content (AvgIpc) is 3.22. The predicted octanol–water partition coefficient (Wildman–Crippen LogP) is 4.33. The molecular formula is C16H15N3O4S2. The average molecular weight is 377 g/mol. The molecule has 0 aliphatic heterocycles. The van der Waals surface area contributed by atoms with E-state index in [2.05, 4.69) is 23.7 Å². The zero-order chi connectivity index (χ0) is 18.0. The highest BCUT2D eigenvalue weighted by Crippen LogP contribution is 2.32. The van der Waals surface area contributed by atoms with Gasteiger partial charge in [0.2, 0.25) is 0 Å². The molecule has 0 saturated carbocycles. The molecule has 0 unspecified atom stereocenters. The number of esters is 1. The normalized spacial score (nSPS) is 10.8. The van der Waals surface area contributed by atoms with Gasteiger partial charge in [0.15, 0.2) is 5.13 Å². The first-order valence-electron chi connectivity index (χ1n) is 7.63. The van der Waals surface area contributed by atoms with E-state index in [4.69, 9.17) is 4.74 Å². The Morgan fingerprint density at radius 3 is 2.64 bits per heavy atom. The van der Waals surface area contributed by atoms with Crippen molar-refractivity contribution in [2.45, 2.75) is 13.8 Å². The Kier molecular flexibility index (Phi) is 4.95. The van der Waals surface area contributed by atoms with E-state index >= 15 is 0 Å². The van der Waals surface area contributed by atoms with Gasteiger partial charge >= 0.3 is 11.0 Å². The Morgan fingerprint density at radius 1 is 1.24 bits per heavy atom. The van der Waals surface area contributed by atoms with Crippen molar-refractivity contribution in [3.63, 3.8) is 0 Å². The smallest absolute Gasteiger partial charge is 0.353 e. The van der Waals surface area contributed by atoms with Gasteiger partial charge in [0, 0.05) is 25.2 Å². The molecule has 0 atom stereocenters. The van der Waals surface area contributed by atoms with Gasteiger partial charge in [-0.1, -0.05) is 22.7 Å². The minimum atomic E-state index is -0.606. The number of rotatable bonds is 6. The van der Waals surface area contributed by atoms with E-state index in [0.29, 0.717) is 5.75 Å². The van der Waals surface area contributed by atoms with Gasteiger partial charge in [0.05, 0.1) is 15.1 Å². The van der Waals surface area contributed by atoms with Crippen LogP contribution in [-0.2, 0) is 0 Å². The van der Waals surface area contributed by atoms with Gasteiger partial charge < -0.3 is 9.64 Å². The summed E-state index contributed by atoms with van der Waals surface area (Å²) in [5.41, 5.74) is 0.846. The summed E-state index contributed by atoms with van der Waals surface area (Å²) in [5.74, 6) is -0.214. The second-order valence-corrected chi connectivity index (χ2v) is 7.15. The summed E-state index contributed by atoms with van der Waals surface area (Å²) < 4.78 is 6.26. The maximum Gasteiger partial charge on any atom is 0.353 e. The summed E-state index contributed by atoms with van der Waals surface area (Å²) in [6.45, 7) is 5.89. The van der Waals surface area contributed by atoms with Crippen molar-refractivity contribution < 1.29 is 14.5 Å². The van der Waals surface area contributed by atoms with Gasteiger partial charge in [-0.25, -0.2) is 9.78 Å². The molecule has 7 nitrogen and oxygen atoms in total. The van der Waals surface area contributed by atoms with Crippen LogP contribution in [0.15, 0.2) is 30.3 Å². The number of carbonyl (C=O) groups is 1. The number of fused-ring (bicyclic) bond motifs is 1. The number of anilines is 1. The summed E-state index contributed by atoms with van der Waals surface area (Å²) in [4.78, 5) is 29.2. The molecule has 2 heterocycles. The first kappa shape index (κ1) is 17.3. The van der Waals surface area contributed by atoms with E-state index in [1.54, 1.807) is 18.2 Å². The Hall–Kier alpha value is -2.52. The lowest BCUT2D eigenvalue weighted by Crippen LogP contribution is -2.21. The molecule has 0 amide bonds. The lowest BCUT2D eigenvalue weighted by atomic mass is 10.3. The van der Waals surface area contributed by atoms with Crippen LogP contribution in [0, 0.1) is 10.1 Å². The van der Waals surface area contributed by atoms with Crippen LogP contribution in [0.2, 0.25) is 0 Å². The number of carbonyl (C=O) groups excluding carboxylic acids is 1. The number of hydrogen-bond donors (Lipinski definition) is 0. The second kappa shape index (κ2) is 7.16. The fraction of sp³-hybridized carbons (Fsp3) is 0.250. The van der Waals surface area contributed by atoms with Gasteiger partial charge in [-0.3, -0.25) is 10.1 Å².